The van der Waals surface area contributed by atoms with Gasteiger partial charge in [0.1, 0.15) is 12.4 Å². The number of hydrogen-bond acceptors (Lipinski definition) is 4. The van der Waals surface area contributed by atoms with Crippen LogP contribution in [0.25, 0.3) is 0 Å². The second-order valence-electron chi connectivity index (χ2n) is 6.39. The second kappa shape index (κ2) is 7.80. The number of ether oxygens (including phenoxy) is 1. The van der Waals surface area contributed by atoms with E-state index in [0.29, 0.717) is 24.3 Å². The molecule has 1 saturated heterocycles. The first-order valence-corrected chi connectivity index (χ1v) is 10.9. The van der Waals surface area contributed by atoms with Gasteiger partial charge in [0, 0.05) is 17.6 Å². The predicted octanol–water partition coefficient (Wildman–Crippen LogP) is 3.29. The van der Waals surface area contributed by atoms with Gasteiger partial charge in [-0.25, -0.2) is 8.42 Å². The van der Waals surface area contributed by atoms with Gasteiger partial charge in [-0.05, 0) is 36.2 Å². The number of carbonyl (C=O) groups excluding carboxylic acids is 1. The maximum atomic E-state index is 12.9. The normalized spacial score (nSPS) is 18.5. The van der Waals surface area contributed by atoms with Gasteiger partial charge >= 0.3 is 0 Å². The van der Waals surface area contributed by atoms with Crippen LogP contribution in [0.1, 0.15) is 22.3 Å². The lowest BCUT2D eigenvalue weighted by atomic mass is 10.1. The minimum atomic E-state index is -3.05. The number of nitrogens with zero attached hydrogens (tertiary/aromatic N) is 1. The van der Waals surface area contributed by atoms with Crippen LogP contribution >= 0.6 is 15.9 Å². The maximum Gasteiger partial charge on any atom is 0.257 e. The quantitative estimate of drug-likeness (QED) is 0.719. The molecule has 0 saturated carbocycles. The first-order valence-electron chi connectivity index (χ1n) is 8.29. The number of benzene rings is 2. The molecule has 1 aliphatic rings. The summed E-state index contributed by atoms with van der Waals surface area (Å²) in [5.41, 5.74) is 1.42. The van der Waals surface area contributed by atoms with E-state index in [1.165, 1.54) is 4.90 Å². The molecule has 5 nitrogen and oxygen atoms in total. The summed E-state index contributed by atoms with van der Waals surface area (Å²) in [4.78, 5) is 14.4. The summed E-state index contributed by atoms with van der Waals surface area (Å²) in [6.45, 7) is 0.339. The van der Waals surface area contributed by atoms with E-state index in [2.05, 4.69) is 15.9 Å². The Hall–Kier alpha value is -1.86. The summed E-state index contributed by atoms with van der Waals surface area (Å²) < 4.78 is 30.2. The molecule has 1 unspecified atom stereocenters. The van der Waals surface area contributed by atoms with Crippen molar-refractivity contribution in [2.75, 3.05) is 18.6 Å². The molecule has 2 aromatic carbocycles. The fourth-order valence-corrected chi connectivity index (χ4v) is 5.21. The van der Waals surface area contributed by atoms with Crippen LogP contribution in [0.2, 0.25) is 0 Å². The predicted molar refractivity (Wildman–Crippen MR) is 104 cm³/mol. The molecule has 0 N–H and O–H groups in total. The SMILES string of the molecule is CN(C(=O)c1ccccc1OCc1cccc(Br)c1)C1CCS(=O)(=O)C1. The fraction of sp³-hybridized carbons (Fsp3) is 0.316. The Kier molecular flexibility index (Phi) is 5.67. The van der Waals surface area contributed by atoms with E-state index in [1.807, 2.05) is 30.3 Å². The fourth-order valence-electron chi connectivity index (χ4n) is 2.99. The number of amides is 1. The first kappa shape index (κ1) is 18.9. The molecule has 0 bridgehead atoms. The average Bonchev–Trinajstić information content (AvgIpc) is 2.99. The molecule has 0 aromatic heterocycles. The molecule has 1 amide bonds. The highest BCUT2D eigenvalue weighted by Crippen LogP contribution is 2.24. The van der Waals surface area contributed by atoms with Crippen LogP contribution < -0.4 is 4.74 Å². The third-order valence-electron chi connectivity index (χ3n) is 4.48. The molecule has 7 heteroatoms. The van der Waals surface area contributed by atoms with Gasteiger partial charge in [-0.1, -0.05) is 40.2 Å². The van der Waals surface area contributed by atoms with Gasteiger partial charge in [-0.2, -0.15) is 0 Å². The molecule has 26 heavy (non-hydrogen) atoms. The lowest BCUT2D eigenvalue weighted by Crippen LogP contribution is -2.38. The van der Waals surface area contributed by atoms with Crippen molar-refractivity contribution in [2.45, 2.75) is 19.1 Å². The molecule has 0 spiro atoms. The molecular weight excluding hydrogens is 418 g/mol. The van der Waals surface area contributed by atoms with E-state index >= 15 is 0 Å². The minimum absolute atomic E-state index is 0.0241. The van der Waals surface area contributed by atoms with Crippen molar-refractivity contribution in [3.8, 4) is 5.75 Å². The maximum absolute atomic E-state index is 12.9. The van der Waals surface area contributed by atoms with Crippen LogP contribution in [0.3, 0.4) is 0 Å². The number of hydrogen-bond donors (Lipinski definition) is 0. The molecular formula is C19H20BrNO4S. The Bertz CT molecular complexity index is 913. The van der Waals surface area contributed by atoms with Crippen molar-refractivity contribution in [3.63, 3.8) is 0 Å². The number of halogens is 1. The van der Waals surface area contributed by atoms with Gasteiger partial charge in [0.2, 0.25) is 0 Å². The molecule has 1 aliphatic heterocycles. The minimum Gasteiger partial charge on any atom is -0.488 e. The Morgan fingerprint density at radius 3 is 2.69 bits per heavy atom. The monoisotopic (exact) mass is 437 g/mol. The molecule has 3 rings (SSSR count). The molecule has 0 radical (unpaired) electrons. The van der Waals surface area contributed by atoms with E-state index in [4.69, 9.17) is 4.74 Å². The van der Waals surface area contributed by atoms with Gasteiger partial charge in [-0.3, -0.25) is 4.79 Å². The van der Waals surface area contributed by atoms with Gasteiger partial charge in [0.25, 0.3) is 5.91 Å². The summed E-state index contributed by atoms with van der Waals surface area (Å²) >= 11 is 3.43. The lowest BCUT2D eigenvalue weighted by Gasteiger charge is -2.24. The molecule has 1 atom stereocenters. The Morgan fingerprint density at radius 2 is 2.00 bits per heavy atom. The van der Waals surface area contributed by atoms with Gasteiger partial charge in [-0.15, -0.1) is 0 Å². The van der Waals surface area contributed by atoms with E-state index in [0.717, 1.165) is 10.0 Å². The summed E-state index contributed by atoms with van der Waals surface area (Å²) in [5, 5.41) is 0. The number of carbonyl (C=O) groups is 1. The molecule has 138 valence electrons. The topological polar surface area (TPSA) is 63.7 Å². The van der Waals surface area contributed by atoms with E-state index in [9.17, 15) is 13.2 Å². The standard InChI is InChI=1S/C19H20BrNO4S/c1-21(16-9-10-26(23,24)13-16)19(22)17-7-2-3-8-18(17)25-12-14-5-4-6-15(20)11-14/h2-8,11,16H,9-10,12-13H2,1H3. The smallest absolute Gasteiger partial charge is 0.257 e. The highest BCUT2D eigenvalue weighted by molar-refractivity contribution is 9.10. The number of rotatable bonds is 5. The summed E-state index contributed by atoms with van der Waals surface area (Å²) in [5.74, 6) is 0.425. The van der Waals surface area contributed by atoms with Gasteiger partial charge in [0.05, 0.1) is 17.1 Å². The van der Waals surface area contributed by atoms with E-state index in [-0.39, 0.29) is 23.5 Å². The van der Waals surface area contributed by atoms with Crippen molar-refractivity contribution in [2.24, 2.45) is 0 Å². The Balaban J connectivity index is 1.75. The highest BCUT2D eigenvalue weighted by Gasteiger charge is 2.33. The van der Waals surface area contributed by atoms with Crippen LogP contribution in [0, 0.1) is 0 Å². The third kappa shape index (κ3) is 4.45. The molecule has 1 fully saturated rings. The Morgan fingerprint density at radius 1 is 1.23 bits per heavy atom. The lowest BCUT2D eigenvalue weighted by molar-refractivity contribution is 0.0743. The summed E-state index contributed by atoms with van der Waals surface area (Å²) in [6.07, 6.45) is 0.478. The Labute approximate surface area is 162 Å². The average molecular weight is 438 g/mol. The van der Waals surface area contributed by atoms with Crippen molar-refractivity contribution >= 4 is 31.7 Å². The van der Waals surface area contributed by atoms with Crippen LogP contribution in [0.15, 0.2) is 53.0 Å². The van der Waals surface area contributed by atoms with Gasteiger partial charge in [0.15, 0.2) is 9.84 Å². The van der Waals surface area contributed by atoms with E-state index in [1.54, 1.807) is 25.2 Å². The van der Waals surface area contributed by atoms with Crippen molar-refractivity contribution in [3.05, 3.63) is 64.1 Å². The largest absolute Gasteiger partial charge is 0.488 e. The number of para-hydroxylation sites is 1. The molecule has 2 aromatic rings. The zero-order chi connectivity index (χ0) is 18.7. The number of sulfone groups is 1. The third-order valence-corrected chi connectivity index (χ3v) is 6.72. The van der Waals surface area contributed by atoms with Crippen molar-refractivity contribution in [1.29, 1.82) is 0 Å². The van der Waals surface area contributed by atoms with Crippen LogP contribution in [-0.2, 0) is 16.4 Å². The van der Waals surface area contributed by atoms with Crippen LogP contribution in [0.4, 0.5) is 0 Å². The molecule has 0 aliphatic carbocycles. The van der Waals surface area contributed by atoms with E-state index < -0.39 is 9.84 Å². The summed E-state index contributed by atoms with van der Waals surface area (Å²) in [6, 6.07) is 14.5. The highest BCUT2D eigenvalue weighted by atomic mass is 79.9. The second-order valence-corrected chi connectivity index (χ2v) is 9.53. The zero-order valence-corrected chi connectivity index (χ0v) is 16.8. The van der Waals surface area contributed by atoms with Crippen molar-refractivity contribution in [1.82, 2.24) is 4.90 Å². The zero-order valence-electron chi connectivity index (χ0n) is 14.4. The molecule has 1 heterocycles. The van der Waals surface area contributed by atoms with Crippen LogP contribution in [-0.4, -0.2) is 43.8 Å². The summed E-state index contributed by atoms with van der Waals surface area (Å²) in [7, 11) is -1.39. The van der Waals surface area contributed by atoms with Gasteiger partial charge < -0.3 is 9.64 Å². The first-order chi connectivity index (χ1) is 12.4. The van der Waals surface area contributed by atoms with Crippen LogP contribution in [0.5, 0.6) is 5.75 Å². The van der Waals surface area contributed by atoms with Crippen molar-refractivity contribution < 1.29 is 17.9 Å².